The summed E-state index contributed by atoms with van der Waals surface area (Å²) in [5, 5.41) is 3.55. The van der Waals surface area contributed by atoms with E-state index in [1.54, 1.807) is 7.11 Å². The topological polar surface area (TPSA) is 21.3 Å². The average Bonchev–Trinajstić information content (AvgIpc) is 2.66. The van der Waals surface area contributed by atoms with E-state index in [-0.39, 0.29) is 5.54 Å². The fourth-order valence-corrected chi connectivity index (χ4v) is 2.59. The van der Waals surface area contributed by atoms with E-state index in [0.717, 1.165) is 16.8 Å². The van der Waals surface area contributed by atoms with Crippen LogP contribution in [0.4, 0.5) is 0 Å². The Balaban J connectivity index is 2.42. The lowest BCUT2D eigenvalue weighted by Crippen LogP contribution is -2.33. The van der Waals surface area contributed by atoms with Crippen molar-refractivity contribution in [3.05, 3.63) is 28.2 Å². The van der Waals surface area contributed by atoms with Crippen LogP contribution in [0.2, 0.25) is 0 Å². The number of nitrogens with one attached hydrogen (secondary N) is 1. The van der Waals surface area contributed by atoms with Crippen molar-refractivity contribution in [1.29, 1.82) is 0 Å². The second-order valence-corrected chi connectivity index (χ2v) is 5.12. The van der Waals surface area contributed by atoms with Gasteiger partial charge in [-0.05, 0) is 38.4 Å². The molecule has 1 heterocycles. The second-order valence-electron chi connectivity index (χ2n) is 4.21. The first-order chi connectivity index (χ1) is 7.15. The molecule has 15 heavy (non-hydrogen) atoms. The van der Waals surface area contributed by atoms with E-state index in [1.807, 2.05) is 6.07 Å². The Kier molecular flexibility index (Phi) is 3.03. The molecule has 1 aromatic carbocycles. The molecule has 2 nitrogen and oxygen atoms in total. The number of methoxy groups -OCH3 is 1. The molecule has 0 amide bonds. The second kappa shape index (κ2) is 4.14. The van der Waals surface area contributed by atoms with Crippen LogP contribution in [0.3, 0.4) is 0 Å². The highest BCUT2D eigenvalue weighted by molar-refractivity contribution is 9.10. The Bertz CT molecular complexity index is 359. The van der Waals surface area contributed by atoms with Gasteiger partial charge in [0.15, 0.2) is 0 Å². The lowest BCUT2D eigenvalue weighted by atomic mass is 9.90. The summed E-state index contributed by atoms with van der Waals surface area (Å²) in [5.74, 6) is 0.960. The van der Waals surface area contributed by atoms with Crippen LogP contribution in [0.25, 0.3) is 0 Å². The largest absolute Gasteiger partial charge is 0.496 e. The highest BCUT2D eigenvalue weighted by atomic mass is 79.9. The van der Waals surface area contributed by atoms with E-state index in [2.05, 4.69) is 40.3 Å². The SMILES string of the molecule is COc1cc(Br)ccc1C1(C)CCCN1. The van der Waals surface area contributed by atoms with Gasteiger partial charge in [-0.15, -0.1) is 0 Å². The third-order valence-electron chi connectivity index (χ3n) is 3.13. The van der Waals surface area contributed by atoms with Crippen molar-refractivity contribution in [3.8, 4) is 5.75 Å². The van der Waals surface area contributed by atoms with Gasteiger partial charge in [-0.3, -0.25) is 0 Å². The van der Waals surface area contributed by atoms with Crippen LogP contribution in [0, 0.1) is 0 Å². The highest BCUT2D eigenvalue weighted by Gasteiger charge is 2.32. The van der Waals surface area contributed by atoms with Gasteiger partial charge in [0.1, 0.15) is 5.75 Å². The maximum atomic E-state index is 5.43. The van der Waals surface area contributed by atoms with Crippen molar-refractivity contribution < 1.29 is 4.74 Å². The zero-order valence-electron chi connectivity index (χ0n) is 9.14. The van der Waals surface area contributed by atoms with E-state index >= 15 is 0 Å². The smallest absolute Gasteiger partial charge is 0.125 e. The monoisotopic (exact) mass is 269 g/mol. The zero-order chi connectivity index (χ0) is 10.9. The highest BCUT2D eigenvalue weighted by Crippen LogP contribution is 2.37. The van der Waals surface area contributed by atoms with Crippen LogP contribution in [0.15, 0.2) is 22.7 Å². The molecule has 1 aliphatic heterocycles. The molecule has 1 atom stereocenters. The first-order valence-electron chi connectivity index (χ1n) is 5.25. The van der Waals surface area contributed by atoms with Crippen LogP contribution >= 0.6 is 15.9 Å². The van der Waals surface area contributed by atoms with Crippen molar-refractivity contribution in [1.82, 2.24) is 5.32 Å². The molecule has 0 bridgehead atoms. The predicted molar refractivity (Wildman–Crippen MR) is 65.3 cm³/mol. The Hall–Kier alpha value is -0.540. The van der Waals surface area contributed by atoms with Gasteiger partial charge in [0.05, 0.1) is 7.11 Å². The number of ether oxygens (including phenoxy) is 1. The van der Waals surface area contributed by atoms with E-state index in [9.17, 15) is 0 Å². The molecule has 1 N–H and O–H groups in total. The maximum absolute atomic E-state index is 5.43. The molecule has 0 radical (unpaired) electrons. The van der Waals surface area contributed by atoms with E-state index in [0.29, 0.717) is 0 Å². The molecule has 82 valence electrons. The van der Waals surface area contributed by atoms with Gasteiger partial charge in [-0.25, -0.2) is 0 Å². The van der Waals surface area contributed by atoms with Gasteiger partial charge >= 0.3 is 0 Å². The van der Waals surface area contributed by atoms with Crippen molar-refractivity contribution in [2.45, 2.75) is 25.3 Å². The quantitative estimate of drug-likeness (QED) is 0.891. The lowest BCUT2D eigenvalue weighted by molar-refractivity contribution is 0.371. The number of rotatable bonds is 2. The molecule has 1 fully saturated rings. The summed E-state index contributed by atoms with van der Waals surface area (Å²) < 4.78 is 6.49. The van der Waals surface area contributed by atoms with E-state index in [4.69, 9.17) is 4.74 Å². The fraction of sp³-hybridized carbons (Fsp3) is 0.500. The molecule has 1 aromatic rings. The van der Waals surface area contributed by atoms with Crippen molar-refractivity contribution in [2.24, 2.45) is 0 Å². The molecule has 1 saturated heterocycles. The van der Waals surface area contributed by atoms with Gasteiger partial charge in [0.2, 0.25) is 0 Å². The minimum Gasteiger partial charge on any atom is -0.496 e. The van der Waals surface area contributed by atoms with Gasteiger partial charge in [-0.1, -0.05) is 22.0 Å². The summed E-state index contributed by atoms with van der Waals surface area (Å²) in [7, 11) is 1.73. The third kappa shape index (κ3) is 2.04. The maximum Gasteiger partial charge on any atom is 0.125 e. The Morgan fingerprint density at radius 2 is 2.27 bits per heavy atom. The Labute approximate surface area is 99.1 Å². The minimum absolute atomic E-state index is 0.0754. The molecule has 0 saturated carbocycles. The summed E-state index contributed by atoms with van der Waals surface area (Å²) in [6.45, 7) is 3.33. The molecule has 3 heteroatoms. The van der Waals surface area contributed by atoms with Crippen LogP contribution in [-0.2, 0) is 5.54 Å². The molecule has 0 aromatic heterocycles. The summed E-state index contributed by atoms with van der Waals surface area (Å²) >= 11 is 3.46. The Morgan fingerprint density at radius 3 is 2.87 bits per heavy atom. The molecule has 1 aliphatic rings. The van der Waals surface area contributed by atoms with E-state index < -0.39 is 0 Å². The van der Waals surface area contributed by atoms with Gasteiger partial charge in [-0.2, -0.15) is 0 Å². The van der Waals surface area contributed by atoms with Crippen LogP contribution in [-0.4, -0.2) is 13.7 Å². The standard InChI is InChI=1S/C12H16BrNO/c1-12(6-3-7-14-12)10-5-4-9(13)8-11(10)15-2/h4-5,8,14H,3,6-7H2,1-2H3. The number of hydrogen-bond acceptors (Lipinski definition) is 2. The van der Waals surface area contributed by atoms with Crippen LogP contribution in [0.5, 0.6) is 5.75 Å². The third-order valence-corrected chi connectivity index (χ3v) is 3.62. The normalized spacial score (nSPS) is 25.5. The number of benzene rings is 1. The zero-order valence-corrected chi connectivity index (χ0v) is 10.7. The van der Waals surface area contributed by atoms with Crippen molar-refractivity contribution >= 4 is 15.9 Å². The van der Waals surface area contributed by atoms with Gasteiger partial charge in [0.25, 0.3) is 0 Å². The van der Waals surface area contributed by atoms with Crippen LogP contribution in [0.1, 0.15) is 25.3 Å². The molecule has 0 aliphatic carbocycles. The molecular weight excluding hydrogens is 254 g/mol. The van der Waals surface area contributed by atoms with Gasteiger partial charge in [0, 0.05) is 15.6 Å². The van der Waals surface area contributed by atoms with Gasteiger partial charge < -0.3 is 10.1 Å². The summed E-state index contributed by atoms with van der Waals surface area (Å²) in [6.07, 6.45) is 2.40. The average molecular weight is 270 g/mol. The Morgan fingerprint density at radius 1 is 1.47 bits per heavy atom. The molecule has 0 spiro atoms. The van der Waals surface area contributed by atoms with Crippen molar-refractivity contribution in [2.75, 3.05) is 13.7 Å². The summed E-state index contributed by atoms with van der Waals surface area (Å²) in [4.78, 5) is 0. The number of hydrogen-bond donors (Lipinski definition) is 1. The van der Waals surface area contributed by atoms with Crippen LogP contribution < -0.4 is 10.1 Å². The number of halogens is 1. The molecule has 1 unspecified atom stereocenters. The fourth-order valence-electron chi connectivity index (χ4n) is 2.25. The lowest BCUT2D eigenvalue weighted by Gasteiger charge is -2.27. The predicted octanol–water partition coefficient (Wildman–Crippen LogP) is 3.06. The minimum atomic E-state index is 0.0754. The first-order valence-corrected chi connectivity index (χ1v) is 6.04. The van der Waals surface area contributed by atoms with E-state index in [1.165, 1.54) is 18.4 Å². The first kappa shape index (κ1) is 11.0. The summed E-state index contributed by atoms with van der Waals surface area (Å²) in [5.41, 5.74) is 1.33. The molecular formula is C12H16BrNO. The molecule has 2 rings (SSSR count). The summed E-state index contributed by atoms with van der Waals surface area (Å²) in [6, 6.07) is 6.24. The van der Waals surface area contributed by atoms with Crippen molar-refractivity contribution in [3.63, 3.8) is 0 Å².